The van der Waals surface area contributed by atoms with Crippen LogP contribution in [0.1, 0.15) is 27.9 Å². The molecule has 0 saturated heterocycles. The summed E-state index contributed by atoms with van der Waals surface area (Å²) in [4.78, 5) is 28.4. The third kappa shape index (κ3) is 6.20. The summed E-state index contributed by atoms with van der Waals surface area (Å²) in [5, 5.41) is 8.88. The molecule has 156 valence electrons. The molecule has 2 aromatic carbocycles. The highest BCUT2D eigenvalue weighted by atomic mass is 16.2. The number of benzene rings is 2. The summed E-state index contributed by atoms with van der Waals surface area (Å²) in [5.74, 6) is -0.276. The molecule has 0 aliphatic heterocycles. The van der Waals surface area contributed by atoms with E-state index in [-0.39, 0.29) is 18.4 Å². The number of carbonyl (C=O) groups excluding carboxylic acids is 2. The normalized spacial score (nSPS) is 10.5. The monoisotopic (exact) mass is 405 g/mol. The fraction of sp³-hybridized carbons (Fsp3) is 0.261. The molecule has 30 heavy (non-hydrogen) atoms. The van der Waals surface area contributed by atoms with Crippen molar-refractivity contribution in [3.8, 4) is 0 Å². The molecule has 2 amide bonds. The van der Waals surface area contributed by atoms with Gasteiger partial charge < -0.3 is 20.5 Å². The Morgan fingerprint density at radius 2 is 1.87 bits per heavy atom. The van der Waals surface area contributed by atoms with Crippen LogP contribution in [0.3, 0.4) is 0 Å². The van der Waals surface area contributed by atoms with Gasteiger partial charge in [-0.2, -0.15) is 0 Å². The second-order valence-corrected chi connectivity index (χ2v) is 7.21. The number of carbonyl (C=O) groups is 2. The van der Waals surface area contributed by atoms with Gasteiger partial charge in [-0.3, -0.25) is 9.59 Å². The van der Waals surface area contributed by atoms with Crippen molar-refractivity contribution in [1.29, 1.82) is 0 Å². The molecule has 1 heterocycles. The smallest absolute Gasteiger partial charge is 0.251 e. The second-order valence-electron chi connectivity index (χ2n) is 7.21. The van der Waals surface area contributed by atoms with E-state index >= 15 is 0 Å². The first-order chi connectivity index (χ1) is 14.5. The summed E-state index contributed by atoms with van der Waals surface area (Å²) >= 11 is 0. The molecule has 7 heteroatoms. The maximum atomic E-state index is 12.2. The molecule has 0 aliphatic rings. The van der Waals surface area contributed by atoms with E-state index in [4.69, 9.17) is 0 Å². The van der Waals surface area contributed by atoms with Crippen LogP contribution < -0.4 is 16.0 Å². The van der Waals surface area contributed by atoms with Crippen molar-refractivity contribution < 1.29 is 9.59 Å². The first-order valence-electron chi connectivity index (χ1n) is 9.96. The summed E-state index contributed by atoms with van der Waals surface area (Å²) in [6.45, 7) is 5.60. The maximum Gasteiger partial charge on any atom is 0.251 e. The molecule has 1 aromatic heterocycles. The first kappa shape index (κ1) is 21.1. The van der Waals surface area contributed by atoms with Gasteiger partial charge in [0.05, 0.1) is 12.9 Å². The third-order valence-electron chi connectivity index (χ3n) is 4.69. The third-order valence-corrected chi connectivity index (χ3v) is 4.69. The Morgan fingerprint density at radius 1 is 1.07 bits per heavy atom. The minimum Gasteiger partial charge on any atom is -0.376 e. The van der Waals surface area contributed by atoms with Crippen molar-refractivity contribution in [2.24, 2.45) is 0 Å². The van der Waals surface area contributed by atoms with Crippen molar-refractivity contribution in [1.82, 2.24) is 14.9 Å². The molecular weight excluding hydrogens is 378 g/mol. The van der Waals surface area contributed by atoms with Gasteiger partial charge in [-0.1, -0.05) is 17.7 Å². The number of amides is 2. The minimum atomic E-state index is -0.147. The van der Waals surface area contributed by atoms with Crippen LogP contribution >= 0.6 is 0 Å². The number of hydrogen-bond donors (Lipinski definition) is 3. The van der Waals surface area contributed by atoms with Crippen molar-refractivity contribution in [2.75, 3.05) is 23.7 Å². The van der Waals surface area contributed by atoms with Crippen molar-refractivity contribution in [3.05, 3.63) is 77.9 Å². The molecule has 0 unspecified atom stereocenters. The zero-order valence-electron chi connectivity index (χ0n) is 17.3. The van der Waals surface area contributed by atoms with Gasteiger partial charge in [0, 0.05) is 42.4 Å². The van der Waals surface area contributed by atoms with Crippen LogP contribution in [0.15, 0.2) is 61.2 Å². The molecule has 0 spiro atoms. The summed E-state index contributed by atoms with van der Waals surface area (Å²) in [6.07, 6.45) is 6.21. The Hall–Kier alpha value is -3.61. The van der Waals surface area contributed by atoms with Gasteiger partial charge >= 0.3 is 0 Å². The van der Waals surface area contributed by atoms with E-state index in [0.29, 0.717) is 17.8 Å². The van der Waals surface area contributed by atoms with Gasteiger partial charge in [-0.25, -0.2) is 4.98 Å². The number of nitrogens with zero attached hydrogens (tertiary/aromatic N) is 2. The lowest BCUT2D eigenvalue weighted by atomic mass is 10.1. The van der Waals surface area contributed by atoms with Crippen LogP contribution in [0, 0.1) is 13.8 Å². The average Bonchev–Trinajstić information content (AvgIpc) is 3.24. The van der Waals surface area contributed by atoms with E-state index < -0.39 is 0 Å². The van der Waals surface area contributed by atoms with Crippen molar-refractivity contribution in [3.63, 3.8) is 0 Å². The Balaban J connectivity index is 1.41. The second kappa shape index (κ2) is 10.2. The van der Waals surface area contributed by atoms with Gasteiger partial charge in [-0.15, -0.1) is 0 Å². The maximum absolute atomic E-state index is 12.2. The molecule has 0 atom stereocenters. The molecule has 0 aliphatic carbocycles. The lowest BCUT2D eigenvalue weighted by molar-refractivity contribution is -0.114. The average molecular weight is 406 g/mol. The number of imidazole rings is 1. The van der Waals surface area contributed by atoms with Crippen LogP contribution in [0.4, 0.5) is 11.4 Å². The summed E-state index contributed by atoms with van der Waals surface area (Å²) in [5.41, 5.74) is 4.44. The van der Waals surface area contributed by atoms with Crippen molar-refractivity contribution in [2.45, 2.75) is 26.8 Å². The summed E-state index contributed by atoms with van der Waals surface area (Å²) in [6, 6.07) is 12.9. The molecule has 3 rings (SSSR count). The fourth-order valence-corrected chi connectivity index (χ4v) is 3.08. The van der Waals surface area contributed by atoms with Crippen LogP contribution in [-0.4, -0.2) is 34.5 Å². The SMILES string of the molecule is Cc1ccc(NCC(=O)Nc2ccc(C(=O)NCCCn3ccnc3)cc2)c(C)c1. The highest BCUT2D eigenvalue weighted by Crippen LogP contribution is 2.16. The molecule has 0 bridgehead atoms. The number of rotatable bonds is 9. The predicted octanol–water partition coefficient (Wildman–Crippen LogP) is 3.37. The lowest BCUT2D eigenvalue weighted by Crippen LogP contribution is -2.25. The number of anilines is 2. The molecule has 0 saturated carbocycles. The van der Waals surface area contributed by atoms with E-state index in [0.717, 1.165) is 24.2 Å². The first-order valence-corrected chi connectivity index (χ1v) is 9.96. The Morgan fingerprint density at radius 3 is 2.57 bits per heavy atom. The quantitative estimate of drug-likeness (QED) is 0.476. The minimum absolute atomic E-state index is 0.130. The largest absolute Gasteiger partial charge is 0.376 e. The standard InChI is InChI=1S/C23H27N5O2/c1-17-4-9-21(18(2)14-17)26-15-22(29)27-20-7-5-19(6-8-20)23(30)25-10-3-12-28-13-11-24-16-28/h4-9,11,13-14,16,26H,3,10,12,15H2,1-2H3,(H,25,30)(H,27,29). The van der Waals surface area contributed by atoms with E-state index in [9.17, 15) is 9.59 Å². The van der Waals surface area contributed by atoms with E-state index in [1.807, 2.05) is 36.7 Å². The van der Waals surface area contributed by atoms with Crippen LogP contribution in [0.2, 0.25) is 0 Å². The Kier molecular flexibility index (Phi) is 7.21. The van der Waals surface area contributed by atoms with Crippen molar-refractivity contribution >= 4 is 23.2 Å². The predicted molar refractivity (Wildman–Crippen MR) is 119 cm³/mol. The Labute approximate surface area is 176 Å². The molecule has 3 N–H and O–H groups in total. The zero-order valence-corrected chi connectivity index (χ0v) is 17.3. The van der Waals surface area contributed by atoms with E-state index in [1.165, 1.54) is 5.56 Å². The van der Waals surface area contributed by atoms with Gasteiger partial charge in [0.2, 0.25) is 5.91 Å². The number of nitrogens with one attached hydrogen (secondary N) is 3. The van der Waals surface area contributed by atoms with Crippen LogP contribution in [-0.2, 0) is 11.3 Å². The fourth-order valence-electron chi connectivity index (χ4n) is 3.08. The zero-order chi connectivity index (χ0) is 21.3. The Bertz CT molecular complexity index is 981. The van der Waals surface area contributed by atoms with Gasteiger partial charge in [-0.05, 0) is 56.2 Å². The molecular formula is C23H27N5O2. The number of aromatic nitrogens is 2. The topological polar surface area (TPSA) is 88.0 Å². The highest BCUT2D eigenvalue weighted by Gasteiger charge is 2.07. The van der Waals surface area contributed by atoms with E-state index in [1.54, 1.807) is 36.8 Å². The molecule has 7 nitrogen and oxygen atoms in total. The highest BCUT2D eigenvalue weighted by molar-refractivity contribution is 5.96. The van der Waals surface area contributed by atoms with Gasteiger partial charge in [0.25, 0.3) is 5.91 Å². The van der Waals surface area contributed by atoms with Crippen LogP contribution in [0.5, 0.6) is 0 Å². The molecule has 3 aromatic rings. The van der Waals surface area contributed by atoms with Crippen LogP contribution in [0.25, 0.3) is 0 Å². The number of hydrogen-bond acceptors (Lipinski definition) is 4. The van der Waals surface area contributed by atoms with E-state index in [2.05, 4.69) is 27.0 Å². The van der Waals surface area contributed by atoms with Gasteiger partial charge in [0.1, 0.15) is 0 Å². The lowest BCUT2D eigenvalue weighted by Gasteiger charge is -2.11. The number of aryl methyl sites for hydroxylation is 3. The molecule has 0 fully saturated rings. The molecule has 0 radical (unpaired) electrons. The summed E-state index contributed by atoms with van der Waals surface area (Å²) in [7, 11) is 0. The van der Waals surface area contributed by atoms with Gasteiger partial charge in [0.15, 0.2) is 0 Å². The summed E-state index contributed by atoms with van der Waals surface area (Å²) < 4.78 is 1.97.